The van der Waals surface area contributed by atoms with Gasteiger partial charge in [0.2, 0.25) is 0 Å². The summed E-state index contributed by atoms with van der Waals surface area (Å²) in [6.07, 6.45) is 0. The lowest BCUT2D eigenvalue weighted by Crippen LogP contribution is -2.08. The summed E-state index contributed by atoms with van der Waals surface area (Å²) in [6, 6.07) is 6.51. The normalized spacial score (nSPS) is 11.5. The molecule has 0 heterocycles. The largest absolute Gasteiger partial charge is 0.313 e. The number of halogens is 1. The molecular formula is C7H7BrNO2S. The van der Waals surface area contributed by atoms with E-state index in [1.54, 1.807) is 18.2 Å². The summed E-state index contributed by atoms with van der Waals surface area (Å²) >= 11 is 3.12. The molecule has 2 N–H and O–H groups in total. The van der Waals surface area contributed by atoms with Crippen LogP contribution in [-0.2, 0) is 9.84 Å². The molecule has 0 aromatic heterocycles. The van der Waals surface area contributed by atoms with Crippen molar-refractivity contribution >= 4 is 25.8 Å². The summed E-state index contributed by atoms with van der Waals surface area (Å²) in [5.41, 5.74) is 4.97. The molecule has 0 unspecified atom stereocenters. The van der Waals surface area contributed by atoms with E-state index in [0.29, 0.717) is 10.3 Å². The summed E-state index contributed by atoms with van der Waals surface area (Å²) in [7, 11) is -3.42. The molecule has 5 heteroatoms. The van der Waals surface area contributed by atoms with Gasteiger partial charge in [-0.2, -0.15) is 0 Å². The van der Waals surface area contributed by atoms with Crippen molar-refractivity contribution in [2.45, 2.75) is 4.90 Å². The second kappa shape index (κ2) is 3.55. The molecule has 3 nitrogen and oxygen atoms in total. The van der Waals surface area contributed by atoms with Gasteiger partial charge in [-0.3, -0.25) is 0 Å². The number of rotatable bonds is 2. The third-order valence-electron chi connectivity index (χ3n) is 1.32. The fourth-order valence-electron chi connectivity index (χ4n) is 0.749. The minimum absolute atomic E-state index is 0.188. The first-order chi connectivity index (χ1) is 5.58. The van der Waals surface area contributed by atoms with Gasteiger partial charge in [-0.15, -0.1) is 0 Å². The third-order valence-corrected chi connectivity index (χ3v) is 3.60. The van der Waals surface area contributed by atoms with Gasteiger partial charge in [0.1, 0.15) is 5.88 Å². The Hall–Kier alpha value is -0.390. The van der Waals surface area contributed by atoms with E-state index >= 15 is 0 Å². The summed E-state index contributed by atoms with van der Waals surface area (Å²) in [4.78, 5) is 0.188. The molecule has 0 aliphatic rings. The fourth-order valence-corrected chi connectivity index (χ4v) is 2.47. The lowest BCUT2D eigenvalue weighted by atomic mass is 10.4. The Kier molecular flexibility index (Phi) is 2.87. The van der Waals surface area contributed by atoms with Gasteiger partial charge in [-0.25, -0.2) is 8.42 Å². The van der Waals surface area contributed by atoms with Crippen LogP contribution < -0.4 is 5.73 Å². The van der Waals surface area contributed by atoms with Crippen molar-refractivity contribution in [2.24, 2.45) is 5.73 Å². The van der Waals surface area contributed by atoms with Gasteiger partial charge in [0.05, 0.1) is 4.90 Å². The third kappa shape index (κ3) is 1.85. The zero-order valence-corrected chi connectivity index (χ0v) is 8.47. The van der Waals surface area contributed by atoms with E-state index in [2.05, 4.69) is 15.9 Å². The molecule has 0 saturated heterocycles. The minimum Gasteiger partial charge on any atom is -0.313 e. The van der Waals surface area contributed by atoms with Gasteiger partial charge >= 0.3 is 0 Å². The Bertz CT molecular complexity index is 375. The second-order valence-electron chi connectivity index (χ2n) is 2.11. The van der Waals surface area contributed by atoms with Crippen molar-refractivity contribution in [3.05, 3.63) is 34.6 Å². The highest BCUT2D eigenvalue weighted by atomic mass is 79.9. The molecule has 0 spiro atoms. The molecule has 0 aliphatic carbocycles. The van der Waals surface area contributed by atoms with Gasteiger partial charge in [0, 0.05) is 4.47 Å². The monoisotopic (exact) mass is 248 g/mol. The molecule has 0 fully saturated rings. The van der Waals surface area contributed by atoms with Gasteiger partial charge in [-0.1, -0.05) is 12.1 Å². The molecular weight excluding hydrogens is 242 g/mol. The standard InChI is InChI=1S/C7H7BrNO2S/c8-6-3-1-2-4-7(6)12(10,11)5-9/h1-5H,9H2. The molecule has 1 aromatic carbocycles. The number of hydrogen-bond acceptors (Lipinski definition) is 3. The number of hydrogen-bond donors (Lipinski definition) is 1. The van der Waals surface area contributed by atoms with Crippen LogP contribution in [0, 0.1) is 5.88 Å². The Morgan fingerprint density at radius 3 is 2.42 bits per heavy atom. The quantitative estimate of drug-likeness (QED) is 0.859. The highest BCUT2D eigenvalue weighted by Gasteiger charge is 2.14. The van der Waals surface area contributed by atoms with Crippen LogP contribution in [-0.4, -0.2) is 8.42 Å². The van der Waals surface area contributed by atoms with Crippen LogP contribution in [0.25, 0.3) is 0 Å². The summed E-state index contributed by atoms with van der Waals surface area (Å²) < 4.78 is 22.9. The van der Waals surface area contributed by atoms with Gasteiger partial charge in [0.15, 0.2) is 9.84 Å². The van der Waals surface area contributed by atoms with Crippen molar-refractivity contribution in [2.75, 3.05) is 0 Å². The average Bonchev–Trinajstić information content (AvgIpc) is 2.05. The van der Waals surface area contributed by atoms with Gasteiger partial charge in [-0.05, 0) is 28.1 Å². The van der Waals surface area contributed by atoms with E-state index in [4.69, 9.17) is 5.73 Å². The van der Waals surface area contributed by atoms with Crippen molar-refractivity contribution in [1.82, 2.24) is 0 Å². The first kappa shape index (κ1) is 9.70. The summed E-state index contributed by atoms with van der Waals surface area (Å²) in [5.74, 6) is 0.688. The van der Waals surface area contributed by atoms with Crippen LogP contribution in [0.15, 0.2) is 33.6 Å². The first-order valence-electron chi connectivity index (χ1n) is 3.12. The molecule has 0 atom stereocenters. The predicted molar refractivity (Wildman–Crippen MR) is 49.8 cm³/mol. The molecule has 1 rings (SSSR count). The minimum atomic E-state index is -3.42. The zero-order valence-electron chi connectivity index (χ0n) is 6.07. The smallest absolute Gasteiger partial charge is 0.197 e. The lowest BCUT2D eigenvalue weighted by Gasteiger charge is -2.01. The van der Waals surface area contributed by atoms with Crippen LogP contribution in [0.2, 0.25) is 0 Å². The average molecular weight is 249 g/mol. The Morgan fingerprint density at radius 2 is 1.92 bits per heavy atom. The first-order valence-corrected chi connectivity index (χ1v) is 5.46. The van der Waals surface area contributed by atoms with Crippen LogP contribution in [0.5, 0.6) is 0 Å². The Labute approximate surface area is 79.6 Å². The van der Waals surface area contributed by atoms with Crippen molar-refractivity contribution in [1.29, 1.82) is 0 Å². The van der Waals surface area contributed by atoms with E-state index in [0.717, 1.165) is 0 Å². The molecule has 1 aromatic rings. The maximum absolute atomic E-state index is 11.2. The Balaban J connectivity index is 3.30. The second-order valence-corrected chi connectivity index (χ2v) is 4.77. The fraction of sp³-hybridized carbons (Fsp3) is 0. The summed E-state index contributed by atoms with van der Waals surface area (Å²) in [6.45, 7) is 0. The van der Waals surface area contributed by atoms with Gasteiger partial charge in [0.25, 0.3) is 0 Å². The predicted octanol–water partition coefficient (Wildman–Crippen LogP) is 1.30. The molecule has 0 amide bonds. The SMILES string of the molecule is N[CH]S(=O)(=O)c1ccccc1Br. The highest BCUT2D eigenvalue weighted by molar-refractivity contribution is 9.10. The number of benzene rings is 1. The van der Waals surface area contributed by atoms with Crippen LogP contribution in [0.1, 0.15) is 0 Å². The van der Waals surface area contributed by atoms with Crippen LogP contribution in [0.3, 0.4) is 0 Å². The molecule has 1 radical (unpaired) electrons. The molecule has 0 bridgehead atoms. The van der Waals surface area contributed by atoms with Crippen molar-refractivity contribution in [3.8, 4) is 0 Å². The number of sulfone groups is 1. The van der Waals surface area contributed by atoms with Crippen LogP contribution >= 0.6 is 15.9 Å². The number of nitrogens with two attached hydrogens (primary N) is 1. The topological polar surface area (TPSA) is 60.2 Å². The van der Waals surface area contributed by atoms with E-state index in [9.17, 15) is 8.42 Å². The van der Waals surface area contributed by atoms with Crippen molar-refractivity contribution < 1.29 is 8.42 Å². The van der Waals surface area contributed by atoms with Crippen LogP contribution in [0.4, 0.5) is 0 Å². The molecule has 0 saturated carbocycles. The molecule has 65 valence electrons. The zero-order chi connectivity index (χ0) is 9.19. The lowest BCUT2D eigenvalue weighted by molar-refractivity contribution is 0.600. The molecule has 12 heavy (non-hydrogen) atoms. The summed E-state index contributed by atoms with van der Waals surface area (Å²) in [5, 5.41) is 0. The van der Waals surface area contributed by atoms with E-state index < -0.39 is 9.84 Å². The molecule has 0 aliphatic heterocycles. The van der Waals surface area contributed by atoms with Crippen molar-refractivity contribution in [3.63, 3.8) is 0 Å². The van der Waals surface area contributed by atoms with E-state index in [1.165, 1.54) is 6.07 Å². The van der Waals surface area contributed by atoms with E-state index in [-0.39, 0.29) is 4.90 Å². The Morgan fingerprint density at radius 1 is 1.33 bits per heavy atom. The van der Waals surface area contributed by atoms with E-state index in [1.807, 2.05) is 0 Å². The van der Waals surface area contributed by atoms with Gasteiger partial charge < -0.3 is 5.73 Å². The maximum Gasteiger partial charge on any atom is 0.197 e. The maximum atomic E-state index is 11.2. The highest BCUT2D eigenvalue weighted by Crippen LogP contribution is 2.22.